The molecule has 3 nitrogen and oxygen atoms in total. The van der Waals surface area contributed by atoms with Gasteiger partial charge >= 0.3 is 0 Å². The van der Waals surface area contributed by atoms with Crippen LogP contribution in [0.3, 0.4) is 0 Å². The molecule has 0 aliphatic carbocycles. The average molecular weight is 251 g/mol. The van der Waals surface area contributed by atoms with Crippen molar-refractivity contribution in [1.29, 1.82) is 0 Å². The van der Waals surface area contributed by atoms with Crippen LogP contribution in [0.4, 0.5) is 5.13 Å². The molecule has 1 unspecified atom stereocenters. The lowest BCUT2D eigenvalue weighted by atomic mass is 9.79. The first kappa shape index (κ1) is 11.5. The molecule has 0 amide bonds. The van der Waals surface area contributed by atoms with Crippen LogP contribution in [0, 0.1) is 19.3 Å². The number of hydrogen-bond acceptors (Lipinski definition) is 4. The molecule has 0 radical (unpaired) electrons. The van der Waals surface area contributed by atoms with E-state index in [4.69, 9.17) is 4.98 Å². The maximum absolute atomic E-state index is 4.71. The highest BCUT2D eigenvalue weighted by molar-refractivity contribution is 7.15. The van der Waals surface area contributed by atoms with Gasteiger partial charge in [-0.2, -0.15) is 0 Å². The van der Waals surface area contributed by atoms with E-state index in [0.29, 0.717) is 5.41 Å². The van der Waals surface area contributed by atoms with Crippen molar-refractivity contribution < 1.29 is 0 Å². The Morgan fingerprint density at radius 1 is 1.35 bits per heavy atom. The minimum Gasteiger partial charge on any atom is -0.347 e. The summed E-state index contributed by atoms with van der Waals surface area (Å²) in [5.74, 6) is 0. The fourth-order valence-electron chi connectivity index (χ4n) is 3.11. The molecular weight excluding hydrogens is 230 g/mol. The highest BCUT2D eigenvalue weighted by Crippen LogP contribution is 2.38. The van der Waals surface area contributed by atoms with Crippen molar-refractivity contribution in [2.24, 2.45) is 5.41 Å². The number of piperidine rings is 1. The smallest absolute Gasteiger partial charge is 0.185 e. The Kier molecular flexibility index (Phi) is 2.87. The number of nitrogens with zero attached hydrogens (tertiary/aromatic N) is 2. The van der Waals surface area contributed by atoms with Gasteiger partial charge in [-0.3, -0.25) is 0 Å². The van der Waals surface area contributed by atoms with E-state index in [2.05, 4.69) is 24.1 Å². The SMILES string of the molecule is Cc1nc(N2CCCC3(CCNC3)C2)sc1C. The average Bonchev–Trinajstić information content (AvgIpc) is 2.88. The maximum atomic E-state index is 4.71. The van der Waals surface area contributed by atoms with E-state index >= 15 is 0 Å². The first-order chi connectivity index (χ1) is 8.19. The second kappa shape index (κ2) is 4.25. The molecule has 1 aromatic heterocycles. The zero-order valence-corrected chi connectivity index (χ0v) is 11.6. The van der Waals surface area contributed by atoms with Crippen molar-refractivity contribution >= 4 is 16.5 Å². The molecule has 2 saturated heterocycles. The predicted molar refractivity (Wildman–Crippen MR) is 73.0 cm³/mol. The molecule has 4 heteroatoms. The van der Waals surface area contributed by atoms with Gasteiger partial charge in [0.1, 0.15) is 0 Å². The van der Waals surface area contributed by atoms with Crippen molar-refractivity contribution in [1.82, 2.24) is 10.3 Å². The minimum absolute atomic E-state index is 0.533. The summed E-state index contributed by atoms with van der Waals surface area (Å²) in [6.07, 6.45) is 4.05. The predicted octanol–water partition coefficient (Wildman–Crippen LogP) is 2.34. The molecule has 94 valence electrons. The Hall–Kier alpha value is -0.610. The number of thiazole rings is 1. The Bertz CT molecular complexity index is 387. The van der Waals surface area contributed by atoms with E-state index in [1.165, 1.54) is 61.1 Å². The van der Waals surface area contributed by atoms with Gasteiger partial charge in [-0.05, 0) is 39.7 Å². The molecule has 1 aromatic rings. The van der Waals surface area contributed by atoms with Crippen LogP contribution in [0.2, 0.25) is 0 Å². The lowest BCUT2D eigenvalue weighted by Gasteiger charge is -2.39. The third-order valence-electron chi connectivity index (χ3n) is 4.28. The van der Waals surface area contributed by atoms with E-state index in [1.54, 1.807) is 0 Å². The van der Waals surface area contributed by atoms with E-state index in [0.717, 1.165) is 0 Å². The molecule has 0 saturated carbocycles. The van der Waals surface area contributed by atoms with Crippen molar-refractivity contribution in [2.75, 3.05) is 31.1 Å². The van der Waals surface area contributed by atoms with E-state index in [9.17, 15) is 0 Å². The molecule has 1 N–H and O–H groups in total. The molecule has 2 aliphatic rings. The van der Waals surface area contributed by atoms with Crippen LogP contribution in [0.1, 0.15) is 29.8 Å². The number of rotatable bonds is 1. The zero-order chi connectivity index (χ0) is 11.9. The van der Waals surface area contributed by atoms with Crippen LogP contribution < -0.4 is 10.2 Å². The molecule has 1 atom stereocenters. The van der Waals surface area contributed by atoms with Gasteiger partial charge in [0, 0.05) is 29.9 Å². The monoisotopic (exact) mass is 251 g/mol. The van der Waals surface area contributed by atoms with Gasteiger partial charge in [-0.1, -0.05) is 0 Å². The summed E-state index contributed by atoms with van der Waals surface area (Å²) in [5.41, 5.74) is 1.74. The standard InChI is InChI=1S/C13H21N3S/c1-10-11(2)17-12(15-10)16-7-3-4-13(9-16)5-6-14-8-13/h14H,3-9H2,1-2H3. The lowest BCUT2D eigenvalue weighted by Crippen LogP contribution is -2.44. The topological polar surface area (TPSA) is 28.2 Å². The first-order valence-electron chi connectivity index (χ1n) is 6.58. The lowest BCUT2D eigenvalue weighted by molar-refractivity contribution is 0.261. The first-order valence-corrected chi connectivity index (χ1v) is 7.40. The molecule has 0 bridgehead atoms. The number of hydrogen-bond donors (Lipinski definition) is 1. The molecule has 1 spiro atoms. The summed E-state index contributed by atoms with van der Waals surface area (Å²) in [6, 6.07) is 0. The van der Waals surface area contributed by atoms with Crippen LogP contribution in [-0.2, 0) is 0 Å². The Morgan fingerprint density at radius 3 is 2.88 bits per heavy atom. The van der Waals surface area contributed by atoms with Crippen molar-refractivity contribution in [3.63, 3.8) is 0 Å². The minimum atomic E-state index is 0.533. The fraction of sp³-hybridized carbons (Fsp3) is 0.769. The molecule has 3 heterocycles. The van der Waals surface area contributed by atoms with Crippen LogP contribution in [0.5, 0.6) is 0 Å². The largest absolute Gasteiger partial charge is 0.347 e. The highest BCUT2D eigenvalue weighted by atomic mass is 32.1. The van der Waals surface area contributed by atoms with Crippen molar-refractivity contribution in [2.45, 2.75) is 33.1 Å². The number of anilines is 1. The van der Waals surface area contributed by atoms with Crippen molar-refractivity contribution in [3.05, 3.63) is 10.6 Å². The molecule has 0 aromatic carbocycles. The molecule has 2 aliphatic heterocycles. The second-order valence-electron chi connectivity index (χ2n) is 5.59. The summed E-state index contributed by atoms with van der Waals surface area (Å²) in [5, 5.41) is 4.77. The quantitative estimate of drug-likeness (QED) is 0.830. The Morgan fingerprint density at radius 2 is 2.24 bits per heavy atom. The summed E-state index contributed by atoms with van der Waals surface area (Å²) >= 11 is 1.86. The zero-order valence-electron chi connectivity index (χ0n) is 10.8. The van der Waals surface area contributed by atoms with Gasteiger partial charge in [0.05, 0.1) is 5.69 Å². The second-order valence-corrected chi connectivity index (χ2v) is 6.77. The van der Waals surface area contributed by atoms with Gasteiger partial charge < -0.3 is 10.2 Å². The number of aryl methyl sites for hydroxylation is 2. The van der Waals surface area contributed by atoms with E-state index < -0.39 is 0 Å². The van der Waals surface area contributed by atoms with Crippen LogP contribution >= 0.6 is 11.3 Å². The van der Waals surface area contributed by atoms with E-state index in [1.807, 2.05) is 11.3 Å². The van der Waals surface area contributed by atoms with Gasteiger partial charge in [-0.25, -0.2) is 4.98 Å². The summed E-state index contributed by atoms with van der Waals surface area (Å²) < 4.78 is 0. The van der Waals surface area contributed by atoms with E-state index in [-0.39, 0.29) is 0 Å². The fourth-order valence-corrected chi connectivity index (χ4v) is 4.04. The van der Waals surface area contributed by atoms with Crippen LogP contribution in [0.15, 0.2) is 0 Å². The van der Waals surface area contributed by atoms with Gasteiger partial charge in [-0.15, -0.1) is 11.3 Å². The maximum Gasteiger partial charge on any atom is 0.185 e. The molecule has 3 rings (SSSR count). The van der Waals surface area contributed by atoms with Gasteiger partial charge in [0.25, 0.3) is 0 Å². The summed E-state index contributed by atoms with van der Waals surface area (Å²) in [6.45, 7) is 9.08. The Labute approximate surface area is 107 Å². The van der Waals surface area contributed by atoms with Crippen LogP contribution in [0.25, 0.3) is 0 Å². The molecule has 17 heavy (non-hydrogen) atoms. The Balaban J connectivity index is 1.79. The third-order valence-corrected chi connectivity index (χ3v) is 5.41. The molecule has 2 fully saturated rings. The van der Waals surface area contributed by atoms with Gasteiger partial charge in [0.15, 0.2) is 5.13 Å². The number of nitrogens with one attached hydrogen (secondary N) is 1. The third kappa shape index (κ3) is 2.08. The summed E-state index contributed by atoms with van der Waals surface area (Å²) in [4.78, 5) is 8.59. The number of aromatic nitrogens is 1. The van der Waals surface area contributed by atoms with Crippen molar-refractivity contribution in [3.8, 4) is 0 Å². The normalized spacial score (nSPS) is 29.2. The highest BCUT2D eigenvalue weighted by Gasteiger charge is 2.38. The molecular formula is C13H21N3S. The van der Waals surface area contributed by atoms with Crippen LogP contribution in [-0.4, -0.2) is 31.2 Å². The van der Waals surface area contributed by atoms with Gasteiger partial charge in [0.2, 0.25) is 0 Å². The summed E-state index contributed by atoms with van der Waals surface area (Å²) in [7, 11) is 0.